The zero-order valence-electron chi connectivity index (χ0n) is 11.5. The van der Waals surface area contributed by atoms with E-state index in [1.807, 2.05) is 27.7 Å². The van der Waals surface area contributed by atoms with Crippen molar-refractivity contribution < 1.29 is 9.53 Å². The summed E-state index contributed by atoms with van der Waals surface area (Å²) in [5.74, 6) is 0. The molecule has 0 spiro atoms. The molecular formula is C13H26N2O2. The number of amides is 1. The molecule has 1 amide bonds. The van der Waals surface area contributed by atoms with Crippen molar-refractivity contribution in [1.29, 1.82) is 0 Å². The third-order valence-electron chi connectivity index (χ3n) is 2.19. The molecule has 0 radical (unpaired) electrons. The van der Waals surface area contributed by atoms with Crippen molar-refractivity contribution in [2.24, 2.45) is 5.73 Å². The smallest absolute Gasteiger partial charge is 0.407 e. The average molecular weight is 242 g/mol. The Balaban J connectivity index is 0.000000770. The van der Waals surface area contributed by atoms with E-state index in [4.69, 9.17) is 10.5 Å². The van der Waals surface area contributed by atoms with E-state index in [0.717, 1.165) is 19.3 Å². The predicted octanol–water partition coefficient (Wildman–Crippen LogP) is 2.58. The van der Waals surface area contributed by atoms with Crippen molar-refractivity contribution in [1.82, 2.24) is 5.32 Å². The summed E-state index contributed by atoms with van der Waals surface area (Å²) in [5.41, 5.74) is 5.31. The maximum absolute atomic E-state index is 11.3. The molecule has 4 heteroatoms. The number of rotatable bonds is 1. The number of alkyl carbamates (subject to hydrolysis) is 1. The number of hydrogen-bond acceptors (Lipinski definition) is 3. The first-order chi connectivity index (χ1) is 7.78. The van der Waals surface area contributed by atoms with Crippen molar-refractivity contribution in [3.05, 3.63) is 12.7 Å². The number of ether oxygens (including phenoxy) is 1. The first-order valence-corrected chi connectivity index (χ1v) is 6.10. The van der Waals surface area contributed by atoms with Gasteiger partial charge in [0, 0.05) is 12.1 Å². The van der Waals surface area contributed by atoms with E-state index >= 15 is 0 Å². The van der Waals surface area contributed by atoms with E-state index in [1.54, 1.807) is 6.08 Å². The first kappa shape index (κ1) is 16.0. The standard InChI is InChI=1S/C10H20N2O2.C3H6/c1-10(2,3)14-9(13)12-8-5-4-7(11)6-8;1-3-2/h7-8H,4-6,11H2,1-3H3,(H,12,13);3H,1H2,2H3. The van der Waals surface area contributed by atoms with Gasteiger partial charge in [0.25, 0.3) is 0 Å². The highest BCUT2D eigenvalue weighted by Crippen LogP contribution is 2.17. The number of carbonyl (C=O) groups is 1. The maximum Gasteiger partial charge on any atom is 0.407 e. The summed E-state index contributed by atoms with van der Waals surface area (Å²) in [6.45, 7) is 10.8. The van der Waals surface area contributed by atoms with Gasteiger partial charge in [-0.2, -0.15) is 0 Å². The highest BCUT2D eigenvalue weighted by Gasteiger charge is 2.25. The molecule has 1 aliphatic carbocycles. The molecule has 3 N–H and O–H groups in total. The Morgan fingerprint density at radius 3 is 2.35 bits per heavy atom. The van der Waals surface area contributed by atoms with E-state index in [1.165, 1.54) is 0 Å². The van der Waals surface area contributed by atoms with Crippen LogP contribution in [-0.2, 0) is 4.74 Å². The Hall–Kier alpha value is -1.03. The molecule has 17 heavy (non-hydrogen) atoms. The van der Waals surface area contributed by atoms with E-state index in [-0.39, 0.29) is 18.2 Å². The molecule has 0 bridgehead atoms. The van der Waals surface area contributed by atoms with Crippen molar-refractivity contribution in [2.75, 3.05) is 0 Å². The van der Waals surface area contributed by atoms with Crippen molar-refractivity contribution >= 4 is 6.09 Å². The Morgan fingerprint density at radius 1 is 1.47 bits per heavy atom. The molecule has 1 fully saturated rings. The second-order valence-corrected chi connectivity index (χ2v) is 5.32. The predicted molar refractivity (Wildman–Crippen MR) is 70.9 cm³/mol. The molecule has 1 rings (SSSR count). The van der Waals surface area contributed by atoms with Crippen LogP contribution < -0.4 is 11.1 Å². The summed E-state index contributed by atoms with van der Waals surface area (Å²) in [4.78, 5) is 11.3. The minimum atomic E-state index is -0.426. The van der Waals surface area contributed by atoms with Crippen LogP contribution in [0.15, 0.2) is 12.7 Å². The number of carbonyl (C=O) groups excluding carboxylic acids is 1. The van der Waals surface area contributed by atoms with Crippen molar-refractivity contribution in [2.45, 2.75) is 64.6 Å². The second kappa shape index (κ2) is 7.33. The summed E-state index contributed by atoms with van der Waals surface area (Å²) < 4.78 is 5.14. The summed E-state index contributed by atoms with van der Waals surface area (Å²) >= 11 is 0. The monoisotopic (exact) mass is 242 g/mol. The Bertz CT molecular complexity index is 246. The van der Waals surface area contributed by atoms with E-state index in [0.29, 0.717) is 0 Å². The third-order valence-corrected chi connectivity index (χ3v) is 2.19. The Morgan fingerprint density at radius 2 is 2.00 bits per heavy atom. The number of nitrogens with two attached hydrogens (primary N) is 1. The van der Waals surface area contributed by atoms with Crippen LogP contribution in [0, 0.1) is 0 Å². The zero-order chi connectivity index (χ0) is 13.5. The third kappa shape index (κ3) is 8.74. The molecule has 0 saturated heterocycles. The van der Waals surface area contributed by atoms with Gasteiger partial charge in [-0.15, -0.1) is 6.58 Å². The molecule has 2 atom stereocenters. The molecule has 0 aromatic carbocycles. The minimum absolute atomic E-state index is 0.194. The van der Waals surface area contributed by atoms with Crippen molar-refractivity contribution in [3.8, 4) is 0 Å². The van der Waals surface area contributed by atoms with Crippen LogP contribution >= 0.6 is 0 Å². The summed E-state index contributed by atoms with van der Waals surface area (Å²) in [5, 5.41) is 2.82. The molecular weight excluding hydrogens is 216 g/mol. The van der Waals surface area contributed by atoms with Crippen LogP contribution in [-0.4, -0.2) is 23.8 Å². The largest absolute Gasteiger partial charge is 0.444 e. The van der Waals surface area contributed by atoms with Crippen LogP contribution in [0.5, 0.6) is 0 Å². The van der Waals surface area contributed by atoms with Gasteiger partial charge in [0.2, 0.25) is 0 Å². The fourth-order valence-corrected chi connectivity index (χ4v) is 1.62. The summed E-state index contributed by atoms with van der Waals surface area (Å²) in [6.07, 6.45) is 4.22. The lowest BCUT2D eigenvalue weighted by Gasteiger charge is -2.21. The van der Waals surface area contributed by atoms with Crippen LogP contribution in [0.25, 0.3) is 0 Å². The zero-order valence-corrected chi connectivity index (χ0v) is 11.5. The van der Waals surface area contributed by atoms with Crippen LogP contribution in [0.3, 0.4) is 0 Å². The normalized spacial score (nSPS) is 23.4. The Labute approximate surface area is 105 Å². The molecule has 1 aliphatic rings. The molecule has 100 valence electrons. The highest BCUT2D eigenvalue weighted by molar-refractivity contribution is 5.68. The average Bonchev–Trinajstić information content (AvgIpc) is 2.48. The number of hydrogen-bond donors (Lipinski definition) is 2. The second-order valence-electron chi connectivity index (χ2n) is 5.32. The molecule has 1 saturated carbocycles. The minimum Gasteiger partial charge on any atom is -0.444 e. The lowest BCUT2D eigenvalue weighted by molar-refractivity contribution is 0.0505. The van der Waals surface area contributed by atoms with Crippen molar-refractivity contribution in [3.63, 3.8) is 0 Å². The topological polar surface area (TPSA) is 64.3 Å². The lowest BCUT2D eigenvalue weighted by atomic mass is 10.2. The van der Waals surface area contributed by atoms with Gasteiger partial charge in [-0.05, 0) is 47.0 Å². The fraction of sp³-hybridized carbons (Fsp3) is 0.769. The molecule has 0 aromatic heterocycles. The number of allylic oxidation sites excluding steroid dienone is 1. The van der Waals surface area contributed by atoms with E-state index < -0.39 is 5.60 Å². The van der Waals surface area contributed by atoms with Gasteiger partial charge < -0.3 is 15.8 Å². The summed E-state index contributed by atoms with van der Waals surface area (Å²) in [7, 11) is 0. The summed E-state index contributed by atoms with van der Waals surface area (Å²) in [6, 6.07) is 0.426. The fourth-order valence-electron chi connectivity index (χ4n) is 1.62. The number of nitrogens with one attached hydrogen (secondary N) is 1. The highest BCUT2D eigenvalue weighted by atomic mass is 16.6. The van der Waals surface area contributed by atoms with Gasteiger partial charge in [-0.25, -0.2) is 4.79 Å². The van der Waals surface area contributed by atoms with E-state index in [9.17, 15) is 4.79 Å². The first-order valence-electron chi connectivity index (χ1n) is 6.10. The van der Waals surface area contributed by atoms with Crippen LogP contribution in [0.4, 0.5) is 4.79 Å². The van der Waals surface area contributed by atoms with Gasteiger partial charge in [0.15, 0.2) is 0 Å². The van der Waals surface area contributed by atoms with E-state index in [2.05, 4.69) is 11.9 Å². The SMILES string of the molecule is C=CC.CC(C)(C)OC(=O)NC1CCC(N)C1. The van der Waals surface area contributed by atoms with Gasteiger partial charge in [0.05, 0.1) is 0 Å². The van der Waals surface area contributed by atoms with Crippen LogP contribution in [0.1, 0.15) is 47.0 Å². The van der Waals surface area contributed by atoms with Gasteiger partial charge >= 0.3 is 6.09 Å². The van der Waals surface area contributed by atoms with Gasteiger partial charge in [-0.1, -0.05) is 6.08 Å². The van der Waals surface area contributed by atoms with Crippen LogP contribution in [0.2, 0.25) is 0 Å². The molecule has 2 unspecified atom stereocenters. The molecule has 0 aliphatic heterocycles. The van der Waals surface area contributed by atoms with Gasteiger partial charge in [0.1, 0.15) is 5.60 Å². The molecule has 0 aromatic rings. The quantitative estimate of drug-likeness (QED) is 0.695. The molecule has 0 heterocycles. The Kier molecular flexibility index (Phi) is 6.88. The van der Waals surface area contributed by atoms with Gasteiger partial charge in [-0.3, -0.25) is 0 Å². The molecule has 4 nitrogen and oxygen atoms in total. The lowest BCUT2D eigenvalue weighted by Crippen LogP contribution is -2.38. The maximum atomic E-state index is 11.3.